The highest BCUT2D eigenvalue weighted by Crippen LogP contribution is 2.23. The van der Waals surface area contributed by atoms with Crippen LogP contribution in [0.1, 0.15) is 10.4 Å². The van der Waals surface area contributed by atoms with E-state index < -0.39 is 6.04 Å². The third-order valence-electron chi connectivity index (χ3n) is 4.11. The average molecular weight is 339 g/mol. The summed E-state index contributed by atoms with van der Waals surface area (Å²) in [6, 6.07) is 15.9. The quantitative estimate of drug-likeness (QED) is 0.888. The smallest absolute Gasteiger partial charge is 0.254 e. The van der Waals surface area contributed by atoms with E-state index >= 15 is 0 Å². The Morgan fingerprint density at radius 3 is 2.64 bits per heavy atom. The van der Waals surface area contributed by atoms with Crippen molar-refractivity contribution >= 4 is 11.8 Å². The molecule has 1 atom stereocenters. The molecule has 2 aromatic carbocycles. The van der Waals surface area contributed by atoms with Crippen LogP contribution in [0.4, 0.5) is 0 Å². The maximum Gasteiger partial charge on any atom is 0.254 e. The number of carbonyl (C=O) groups is 2. The van der Waals surface area contributed by atoms with Crippen molar-refractivity contribution < 1.29 is 14.3 Å². The molecule has 1 aliphatic heterocycles. The Balaban J connectivity index is 1.79. The van der Waals surface area contributed by atoms with Crippen LogP contribution in [0.15, 0.2) is 54.6 Å². The largest absolute Gasteiger partial charge is 0.457 e. The molecular formula is C19H21N3O3. The van der Waals surface area contributed by atoms with E-state index in [2.05, 4.69) is 10.6 Å². The molecule has 0 bridgehead atoms. The lowest BCUT2D eigenvalue weighted by atomic mass is 10.1. The summed E-state index contributed by atoms with van der Waals surface area (Å²) in [4.78, 5) is 26.6. The molecule has 0 radical (unpaired) electrons. The maximum atomic E-state index is 12.9. The zero-order valence-corrected chi connectivity index (χ0v) is 14.1. The van der Waals surface area contributed by atoms with Gasteiger partial charge in [-0.15, -0.1) is 0 Å². The molecule has 1 saturated heterocycles. The molecule has 25 heavy (non-hydrogen) atoms. The van der Waals surface area contributed by atoms with Gasteiger partial charge in [-0.3, -0.25) is 9.59 Å². The number of ether oxygens (including phenoxy) is 1. The summed E-state index contributed by atoms with van der Waals surface area (Å²) < 4.78 is 5.79. The Morgan fingerprint density at radius 1 is 1.12 bits per heavy atom. The molecule has 6 heteroatoms. The van der Waals surface area contributed by atoms with E-state index in [1.165, 1.54) is 0 Å². The van der Waals surface area contributed by atoms with Crippen molar-refractivity contribution in [3.8, 4) is 11.5 Å². The Morgan fingerprint density at radius 2 is 1.88 bits per heavy atom. The number of hydrogen-bond donors (Lipinski definition) is 2. The highest BCUT2D eigenvalue weighted by atomic mass is 16.5. The second-order valence-electron chi connectivity index (χ2n) is 5.78. The summed E-state index contributed by atoms with van der Waals surface area (Å²) in [7, 11) is 1.58. The van der Waals surface area contributed by atoms with Crippen LogP contribution >= 0.6 is 0 Å². The van der Waals surface area contributed by atoms with Crippen molar-refractivity contribution in [1.29, 1.82) is 0 Å². The van der Waals surface area contributed by atoms with Crippen molar-refractivity contribution in [3.63, 3.8) is 0 Å². The molecular weight excluding hydrogens is 318 g/mol. The van der Waals surface area contributed by atoms with Gasteiger partial charge < -0.3 is 20.3 Å². The van der Waals surface area contributed by atoms with Crippen LogP contribution in [0.3, 0.4) is 0 Å². The van der Waals surface area contributed by atoms with E-state index in [1.54, 1.807) is 36.2 Å². The molecule has 1 aliphatic rings. The van der Waals surface area contributed by atoms with Gasteiger partial charge in [0.1, 0.15) is 17.5 Å². The second kappa shape index (κ2) is 7.81. The summed E-state index contributed by atoms with van der Waals surface area (Å²) in [5.41, 5.74) is 0.504. The minimum Gasteiger partial charge on any atom is -0.457 e. The lowest BCUT2D eigenvalue weighted by Gasteiger charge is -2.35. The van der Waals surface area contributed by atoms with Crippen molar-refractivity contribution in [1.82, 2.24) is 15.5 Å². The minimum atomic E-state index is -0.509. The zero-order valence-electron chi connectivity index (χ0n) is 14.1. The number of rotatable bonds is 4. The molecule has 0 aliphatic carbocycles. The van der Waals surface area contributed by atoms with Crippen molar-refractivity contribution in [2.45, 2.75) is 6.04 Å². The maximum absolute atomic E-state index is 12.9. The molecule has 0 aromatic heterocycles. The standard InChI is InChI=1S/C19H21N3O3/c1-20-18(23)17-13-21-10-11-22(17)19(24)14-6-5-9-16(12-14)25-15-7-3-2-4-8-15/h2-9,12,17,21H,10-11,13H2,1H3,(H,20,23)/t17-/m1/s1. The van der Waals surface area contributed by atoms with Crippen LogP contribution in [0.25, 0.3) is 0 Å². The van der Waals surface area contributed by atoms with Gasteiger partial charge in [0.05, 0.1) is 0 Å². The first-order valence-electron chi connectivity index (χ1n) is 8.25. The van der Waals surface area contributed by atoms with Gasteiger partial charge in [-0.2, -0.15) is 0 Å². The number of amides is 2. The number of likely N-dealkylation sites (N-methyl/N-ethyl adjacent to an activating group) is 1. The fraction of sp³-hybridized carbons (Fsp3) is 0.263. The fourth-order valence-corrected chi connectivity index (χ4v) is 2.83. The molecule has 2 aromatic rings. The average Bonchev–Trinajstić information content (AvgIpc) is 2.68. The number of hydrogen-bond acceptors (Lipinski definition) is 4. The van der Waals surface area contributed by atoms with Crippen molar-refractivity contribution in [2.24, 2.45) is 0 Å². The molecule has 130 valence electrons. The van der Waals surface area contributed by atoms with Gasteiger partial charge in [-0.25, -0.2) is 0 Å². The fourth-order valence-electron chi connectivity index (χ4n) is 2.83. The van der Waals surface area contributed by atoms with Gasteiger partial charge in [0.2, 0.25) is 5.91 Å². The Labute approximate surface area is 146 Å². The van der Waals surface area contributed by atoms with Gasteiger partial charge >= 0.3 is 0 Å². The topological polar surface area (TPSA) is 70.7 Å². The molecule has 0 unspecified atom stereocenters. The molecule has 1 fully saturated rings. The third-order valence-corrected chi connectivity index (χ3v) is 4.11. The van der Waals surface area contributed by atoms with E-state index in [0.717, 1.165) is 0 Å². The summed E-state index contributed by atoms with van der Waals surface area (Å²) in [5, 5.41) is 5.77. The van der Waals surface area contributed by atoms with Crippen molar-refractivity contribution in [2.75, 3.05) is 26.7 Å². The number of carbonyl (C=O) groups excluding carboxylic acids is 2. The number of benzene rings is 2. The lowest BCUT2D eigenvalue weighted by molar-refractivity contribution is -0.125. The van der Waals surface area contributed by atoms with Crippen LogP contribution < -0.4 is 15.4 Å². The summed E-state index contributed by atoms with van der Waals surface area (Å²) >= 11 is 0. The molecule has 0 spiro atoms. The first kappa shape index (κ1) is 17.0. The van der Waals surface area contributed by atoms with Gasteiger partial charge in [0, 0.05) is 32.2 Å². The van der Waals surface area contributed by atoms with Gasteiger partial charge in [-0.05, 0) is 30.3 Å². The van der Waals surface area contributed by atoms with E-state index in [4.69, 9.17) is 4.74 Å². The highest BCUT2D eigenvalue weighted by molar-refractivity contribution is 5.98. The molecule has 2 amide bonds. The zero-order chi connectivity index (χ0) is 17.6. The monoisotopic (exact) mass is 339 g/mol. The summed E-state index contributed by atoms with van der Waals surface area (Å²) in [6.45, 7) is 1.60. The molecule has 3 rings (SSSR count). The molecule has 6 nitrogen and oxygen atoms in total. The molecule has 0 saturated carbocycles. The number of nitrogens with zero attached hydrogens (tertiary/aromatic N) is 1. The summed E-state index contributed by atoms with van der Waals surface area (Å²) in [5.74, 6) is 0.951. The summed E-state index contributed by atoms with van der Waals surface area (Å²) in [6.07, 6.45) is 0. The van der Waals surface area contributed by atoms with Crippen LogP contribution in [0.2, 0.25) is 0 Å². The first-order chi connectivity index (χ1) is 12.2. The highest BCUT2D eigenvalue weighted by Gasteiger charge is 2.32. The van der Waals surface area contributed by atoms with E-state index in [1.807, 2.05) is 30.3 Å². The van der Waals surface area contributed by atoms with Crippen LogP contribution in [0.5, 0.6) is 11.5 Å². The van der Waals surface area contributed by atoms with Gasteiger partial charge in [0.25, 0.3) is 5.91 Å². The van der Waals surface area contributed by atoms with Crippen LogP contribution in [0, 0.1) is 0 Å². The number of nitrogens with one attached hydrogen (secondary N) is 2. The van der Waals surface area contributed by atoms with Gasteiger partial charge in [-0.1, -0.05) is 24.3 Å². The van der Waals surface area contributed by atoms with Crippen molar-refractivity contribution in [3.05, 3.63) is 60.2 Å². The van der Waals surface area contributed by atoms with E-state index in [0.29, 0.717) is 36.7 Å². The Hall–Kier alpha value is -2.86. The second-order valence-corrected chi connectivity index (χ2v) is 5.78. The number of para-hydroxylation sites is 1. The SMILES string of the molecule is CNC(=O)[C@H]1CNCCN1C(=O)c1cccc(Oc2ccccc2)c1. The number of piperazine rings is 1. The third kappa shape index (κ3) is 3.97. The molecule has 2 N–H and O–H groups in total. The predicted octanol–water partition coefficient (Wildman–Crippen LogP) is 1.64. The first-order valence-corrected chi connectivity index (χ1v) is 8.25. The molecule has 1 heterocycles. The minimum absolute atomic E-state index is 0.169. The lowest BCUT2D eigenvalue weighted by Crippen LogP contribution is -2.59. The Bertz CT molecular complexity index is 749. The Kier molecular flexibility index (Phi) is 5.30. The normalized spacial score (nSPS) is 17.0. The van der Waals surface area contributed by atoms with Crippen LogP contribution in [-0.4, -0.2) is 49.4 Å². The van der Waals surface area contributed by atoms with Gasteiger partial charge in [0.15, 0.2) is 0 Å². The van der Waals surface area contributed by atoms with Crippen LogP contribution in [-0.2, 0) is 4.79 Å². The van der Waals surface area contributed by atoms with E-state index in [9.17, 15) is 9.59 Å². The van der Waals surface area contributed by atoms with E-state index in [-0.39, 0.29) is 11.8 Å². The predicted molar refractivity (Wildman–Crippen MR) is 94.7 cm³/mol.